The monoisotopic (exact) mass is 512 g/mol. The molecular formula is C30H33FN6O. The van der Waals surface area contributed by atoms with Crippen LogP contribution in [0, 0.1) is 5.82 Å². The molecule has 2 N–H and O–H groups in total. The van der Waals surface area contributed by atoms with Crippen LogP contribution in [0.1, 0.15) is 72.9 Å². The molecule has 4 aromatic rings. The van der Waals surface area contributed by atoms with E-state index in [1.54, 1.807) is 4.57 Å². The molecule has 0 radical (unpaired) electrons. The SMILES string of the molecule is CC[C@@]1(O)CCc2ccc(-n3cc(F)c4cnc(Nc5cc6c(c(C7CCC7)c5)CCN(C)C6)nc43)nc21. The number of anilines is 2. The Morgan fingerprint density at radius 3 is 2.82 bits per heavy atom. The van der Waals surface area contributed by atoms with Crippen molar-refractivity contribution in [3.63, 3.8) is 0 Å². The Balaban J connectivity index is 1.27. The Kier molecular flexibility index (Phi) is 5.53. The number of aryl methyl sites for hydroxylation is 1. The molecule has 2 aliphatic carbocycles. The third kappa shape index (κ3) is 3.81. The number of rotatable bonds is 5. The van der Waals surface area contributed by atoms with Crippen LogP contribution in [0.15, 0.2) is 36.7 Å². The van der Waals surface area contributed by atoms with Gasteiger partial charge >= 0.3 is 0 Å². The summed E-state index contributed by atoms with van der Waals surface area (Å²) in [5.74, 6) is 1.20. The van der Waals surface area contributed by atoms with Crippen LogP contribution in [0.4, 0.5) is 16.0 Å². The number of hydrogen-bond donors (Lipinski definition) is 2. The van der Waals surface area contributed by atoms with Gasteiger partial charge in [0.25, 0.3) is 0 Å². The van der Waals surface area contributed by atoms with E-state index in [1.807, 2.05) is 19.1 Å². The van der Waals surface area contributed by atoms with Gasteiger partial charge in [0.2, 0.25) is 5.95 Å². The second-order valence-corrected chi connectivity index (χ2v) is 11.3. The minimum atomic E-state index is -0.937. The van der Waals surface area contributed by atoms with E-state index < -0.39 is 11.4 Å². The van der Waals surface area contributed by atoms with Crippen LogP contribution in [0.3, 0.4) is 0 Å². The fourth-order valence-corrected chi connectivity index (χ4v) is 6.38. The molecule has 1 atom stereocenters. The summed E-state index contributed by atoms with van der Waals surface area (Å²) in [5.41, 5.74) is 6.57. The number of halogens is 1. The van der Waals surface area contributed by atoms with Crippen molar-refractivity contribution in [2.45, 2.75) is 69.9 Å². The normalized spacial score (nSPS) is 21.4. The van der Waals surface area contributed by atoms with E-state index >= 15 is 0 Å². The molecule has 0 spiro atoms. The number of benzene rings is 1. The first-order valence-corrected chi connectivity index (χ1v) is 13.8. The number of pyridine rings is 1. The van der Waals surface area contributed by atoms with Gasteiger partial charge in [0.05, 0.1) is 11.1 Å². The lowest BCUT2D eigenvalue weighted by Crippen LogP contribution is -2.28. The summed E-state index contributed by atoms with van der Waals surface area (Å²) in [6, 6.07) is 8.35. The minimum absolute atomic E-state index is 0.339. The Labute approximate surface area is 221 Å². The molecule has 7 rings (SSSR count). The Bertz CT molecular complexity index is 1560. The number of likely N-dealkylation sites (N-methyl/N-ethyl adjacent to an activating group) is 1. The fourth-order valence-electron chi connectivity index (χ4n) is 6.38. The van der Waals surface area contributed by atoms with E-state index in [2.05, 4.69) is 34.4 Å². The van der Waals surface area contributed by atoms with Crippen molar-refractivity contribution in [1.29, 1.82) is 0 Å². The van der Waals surface area contributed by atoms with Gasteiger partial charge in [-0.15, -0.1) is 0 Å². The van der Waals surface area contributed by atoms with Gasteiger partial charge in [-0.3, -0.25) is 4.57 Å². The summed E-state index contributed by atoms with van der Waals surface area (Å²) in [4.78, 5) is 16.3. The molecule has 0 bridgehead atoms. The fraction of sp³-hybridized carbons (Fsp3) is 0.433. The third-order valence-corrected chi connectivity index (χ3v) is 8.90. The molecule has 8 heteroatoms. The van der Waals surface area contributed by atoms with Gasteiger partial charge in [-0.2, -0.15) is 4.98 Å². The lowest BCUT2D eigenvalue weighted by molar-refractivity contribution is 0.0306. The molecule has 196 valence electrons. The third-order valence-electron chi connectivity index (χ3n) is 8.90. The molecule has 4 heterocycles. The van der Waals surface area contributed by atoms with Crippen molar-refractivity contribution >= 4 is 22.7 Å². The van der Waals surface area contributed by atoms with E-state index in [-0.39, 0.29) is 0 Å². The molecule has 1 aliphatic heterocycles. The van der Waals surface area contributed by atoms with Gasteiger partial charge in [-0.25, -0.2) is 14.4 Å². The van der Waals surface area contributed by atoms with Crippen LogP contribution in [0.25, 0.3) is 16.9 Å². The molecule has 1 aromatic carbocycles. The average Bonchev–Trinajstić information content (AvgIpc) is 3.39. The first-order valence-electron chi connectivity index (χ1n) is 13.8. The average molecular weight is 513 g/mol. The van der Waals surface area contributed by atoms with E-state index in [4.69, 9.17) is 9.97 Å². The summed E-state index contributed by atoms with van der Waals surface area (Å²) in [6.07, 6.45) is 9.87. The highest BCUT2D eigenvalue weighted by molar-refractivity contribution is 5.79. The van der Waals surface area contributed by atoms with Gasteiger partial charge in [-0.1, -0.05) is 19.4 Å². The summed E-state index contributed by atoms with van der Waals surface area (Å²) in [5, 5.41) is 14.8. The van der Waals surface area contributed by atoms with Crippen molar-refractivity contribution in [2.24, 2.45) is 0 Å². The molecule has 1 fully saturated rings. The molecule has 0 amide bonds. The van der Waals surface area contributed by atoms with E-state index in [0.29, 0.717) is 47.3 Å². The number of fused-ring (bicyclic) bond motifs is 3. The van der Waals surface area contributed by atoms with Gasteiger partial charge < -0.3 is 15.3 Å². The highest BCUT2D eigenvalue weighted by Gasteiger charge is 2.37. The van der Waals surface area contributed by atoms with Crippen molar-refractivity contribution < 1.29 is 9.50 Å². The second kappa shape index (κ2) is 8.85. The van der Waals surface area contributed by atoms with Crippen LogP contribution >= 0.6 is 0 Å². The van der Waals surface area contributed by atoms with E-state index in [1.165, 1.54) is 48.3 Å². The molecule has 1 saturated carbocycles. The first-order chi connectivity index (χ1) is 18.4. The Morgan fingerprint density at radius 2 is 2.03 bits per heavy atom. The summed E-state index contributed by atoms with van der Waals surface area (Å²) in [6.45, 7) is 4.00. The largest absolute Gasteiger partial charge is 0.384 e. The predicted octanol–water partition coefficient (Wildman–Crippen LogP) is 5.50. The molecule has 0 unspecified atom stereocenters. The summed E-state index contributed by atoms with van der Waals surface area (Å²) >= 11 is 0. The highest BCUT2D eigenvalue weighted by atomic mass is 19.1. The molecule has 0 saturated heterocycles. The number of aliphatic hydroxyl groups is 1. The zero-order valence-corrected chi connectivity index (χ0v) is 22.0. The topological polar surface area (TPSA) is 79.1 Å². The maximum absolute atomic E-state index is 15.0. The van der Waals surface area contributed by atoms with Crippen molar-refractivity contribution in [3.8, 4) is 5.82 Å². The lowest BCUT2D eigenvalue weighted by Gasteiger charge is -2.33. The van der Waals surface area contributed by atoms with Gasteiger partial charge in [0, 0.05) is 31.2 Å². The van der Waals surface area contributed by atoms with Crippen molar-refractivity contribution in [3.05, 3.63) is 70.4 Å². The number of nitrogens with zero attached hydrogens (tertiary/aromatic N) is 5. The van der Waals surface area contributed by atoms with Gasteiger partial charge in [-0.05, 0) is 91.9 Å². The maximum Gasteiger partial charge on any atom is 0.229 e. The van der Waals surface area contributed by atoms with Crippen LogP contribution in [0.2, 0.25) is 0 Å². The smallest absolute Gasteiger partial charge is 0.229 e. The predicted molar refractivity (Wildman–Crippen MR) is 145 cm³/mol. The van der Waals surface area contributed by atoms with Crippen LogP contribution < -0.4 is 5.32 Å². The zero-order chi connectivity index (χ0) is 26.0. The van der Waals surface area contributed by atoms with Crippen LogP contribution in [0.5, 0.6) is 0 Å². The van der Waals surface area contributed by atoms with Gasteiger partial charge in [0.15, 0.2) is 11.5 Å². The zero-order valence-electron chi connectivity index (χ0n) is 22.0. The first kappa shape index (κ1) is 23.7. The van der Waals surface area contributed by atoms with E-state index in [9.17, 15) is 9.50 Å². The number of aromatic nitrogens is 4. The quantitative estimate of drug-likeness (QED) is 0.368. The number of hydrogen-bond acceptors (Lipinski definition) is 6. The highest BCUT2D eigenvalue weighted by Crippen LogP contribution is 2.42. The van der Waals surface area contributed by atoms with E-state index in [0.717, 1.165) is 37.2 Å². The molecular weight excluding hydrogens is 479 g/mol. The number of nitrogens with one attached hydrogen (secondary N) is 1. The molecule has 3 aliphatic rings. The van der Waals surface area contributed by atoms with Crippen molar-refractivity contribution in [1.82, 2.24) is 24.4 Å². The molecule has 38 heavy (non-hydrogen) atoms. The van der Waals surface area contributed by atoms with Crippen LogP contribution in [-0.4, -0.2) is 43.1 Å². The minimum Gasteiger partial charge on any atom is -0.384 e. The standard InChI is InChI=1S/C30H33FN6O/c1-3-30(38)11-9-19-7-8-26(34-27(19)30)37-17-25(31)24-15-32-29(35-28(24)37)33-21-13-20-16-36(2)12-10-22(20)23(14-21)18-5-4-6-18/h7-8,13-15,17-18,38H,3-6,9-12,16H2,1-2H3,(H,32,33,35)/t30-/m1/s1. The van der Waals surface area contributed by atoms with Crippen LogP contribution in [-0.2, 0) is 25.0 Å². The lowest BCUT2D eigenvalue weighted by atomic mass is 9.76. The summed E-state index contributed by atoms with van der Waals surface area (Å²) in [7, 11) is 2.17. The molecule has 7 nitrogen and oxygen atoms in total. The summed E-state index contributed by atoms with van der Waals surface area (Å²) < 4.78 is 16.6. The van der Waals surface area contributed by atoms with Gasteiger partial charge in [0.1, 0.15) is 11.4 Å². The Morgan fingerprint density at radius 1 is 1.16 bits per heavy atom. The van der Waals surface area contributed by atoms with Crippen molar-refractivity contribution in [2.75, 3.05) is 18.9 Å². The Hall–Kier alpha value is -3.36. The second-order valence-electron chi connectivity index (χ2n) is 11.3. The molecule has 3 aromatic heterocycles. The maximum atomic E-state index is 15.0.